The Balaban J connectivity index is 2.46. The Hall–Kier alpha value is -1.84. The summed E-state index contributed by atoms with van der Waals surface area (Å²) in [5.41, 5.74) is 0.575. The van der Waals surface area contributed by atoms with Crippen molar-refractivity contribution in [3.63, 3.8) is 0 Å². The topological polar surface area (TPSA) is 52.6 Å². The second kappa shape index (κ2) is 15.1. The van der Waals surface area contributed by atoms with Crippen LogP contribution in [0.5, 0.6) is 0 Å². The van der Waals surface area contributed by atoms with E-state index in [9.17, 15) is 9.59 Å². The maximum atomic E-state index is 12.5. The molecule has 4 heteroatoms. The van der Waals surface area contributed by atoms with Crippen LogP contribution in [-0.4, -0.2) is 24.6 Å². The fraction of sp³-hybridized carbons (Fsp3) is 0.667. The molecule has 0 aromatic heterocycles. The Morgan fingerprint density at radius 3 is 1.96 bits per heavy atom. The summed E-state index contributed by atoms with van der Waals surface area (Å²) in [4.78, 5) is 24.9. The molecule has 0 saturated carbocycles. The molecule has 0 saturated heterocycles. The molecule has 0 fully saturated rings. The molecule has 0 bridgehead atoms. The average Bonchev–Trinajstić information content (AvgIpc) is 2.70. The van der Waals surface area contributed by atoms with Crippen LogP contribution in [0.15, 0.2) is 24.3 Å². The van der Waals surface area contributed by atoms with Crippen LogP contribution in [0.4, 0.5) is 0 Å². The molecular formula is C24H38O4. The number of carbonyl (C=O) groups is 2. The van der Waals surface area contributed by atoms with Crippen LogP contribution in [0, 0.1) is 0 Å². The molecule has 0 aliphatic heterocycles. The Morgan fingerprint density at radius 2 is 1.32 bits per heavy atom. The summed E-state index contributed by atoms with van der Waals surface area (Å²) in [7, 11) is 0. The van der Waals surface area contributed by atoms with Gasteiger partial charge >= 0.3 is 11.9 Å². The van der Waals surface area contributed by atoms with Crippen molar-refractivity contribution >= 4 is 11.9 Å². The molecule has 28 heavy (non-hydrogen) atoms. The molecule has 0 radical (unpaired) electrons. The van der Waals surface area contributed by atoms with Gasteiger partial charge < -0.3 is 9.47 Å². The number of hydrogen-bond acceptors (Lipinski definition) is 4. The van der Waals surface area contributed by atoms with Crippen molar-refractivity contribution < 1.29 is 19.1 Å². The number of ether oxygens (including phenoxy) is 2. The van der Waals surface area contributed by atoms with E-state index in [1.54, 1.807) is 24.3 Å². The molecule has 1 aromatic carbocycles. The minimum atomic E-state index is -0.451. The van der Waals surface area contributed by atoms with Crippen molar-refractivity contribution in [3.8, 4) is 0 Å². The predicted molar refractivity (Wildman–Crippen MR) is 114 cm³/mol. The highest BCUT2D eigenvalue weighted by atomic mass is 16.5. The molecule has 0 amide bonds. The summed E-state index contributed by atoms with van der Waals surface area (Å²) in [6.07, 6.45) is 12.1. The van der Waals surface area contributed by atoms with E-state index < -0.39 is 11.9 Å². The molecule has 0 heterocycles. The van der Waals surface area contributed by atoms with Crippen LogP contribution in [0.25, 0.3) is 0 Å². The lowest BCUT2D eigenvalue weighted by molar-refractivity contribution is 0.0307. The fourth-order valence-corrected chi connectivity index (χ4v) is 3.13. The van der Waals surface area contributed by atoms with Crippen LogP contribution in [-0.2, 0) is 9.47 Å². The highest BCUT2D eigenvalue weighted by molar-refractivity contribution is 6.03. The standard InChI is InChI=1S/C24H38O4/c1-4-6-8-10-11-12-16-20(3)28-24(26)22-18-14-13-17-21(22)23(25)27-19-15-9-7-5-2/h13-14,17-18,20H,4-12,15-16,19H2,1-3H3. The molecular weight excluding hydrogens is 352 g/mol. The van der Waals surface area contributed by atoms with Crippen molar-refractivity contribution in [1.29, 1.82) is 0 Å². The van der Waals surface area contributed by atoms with Gasteiger partial charge in [-0.25, -0.2) is 9.59 Å². The second-order valence-corrected chi connectivity index (χ2v) is 7.51. The third kappa shape index (κ3) is 9.91. The quantitative estimate of drug-likeness (QED) is 0.246. The normalized spacial score (nSPS) is 11.8. The smallest absolute Gasteiger partial charge is 0.339 e. The summed E-state index contributed by atoms with van der Waals surface area (Å²) in [5, 5.41) is 0. The SMILES string of the molecule is CCCCCCCCC(C)OC(=O)c1ccccc1C(=O)OCCCCCC. The van der Waals surface area contributed by atoms with Gasteiger partial charge in [-0.15, -0.1) is 0 Å². The van der Waals surface area contributed by atoms with E-state index in [2.05, 4.69) is 13.8 Å². The van der Waals surface area contributed by atoms with Gasteiger partial charge in [-0.1, -0.05) is 77.3 Å². The summed E-state index contributed by atoms with van der Waals surface area (Å²) >= 11 is 0. The molecule has 1 unspecified atom stereocenters. The van der Waals surface area contributed by atoms with Crippen LogP contribution >= 0.6 is 0 Å². The summed E-state index contributed by atoms with van der Waals surface area (Å²) in [5.74, 6) is -0.898. The molecule has 1 aromatic rings. The summed E-state index contributed by atoms with van der Waals surface area (Å²) in [6, 6.07) is 6.74. The van der Waals surface area contributed by atoms with Gasteiger partial charge in [0.25, 0.3) is 0 Å². The van der Waals surface area contributed by atoms with Crippen LogP contribution in [0.3, 0.4) is 0 Å². The van der Waals surface area contributed by atoms with Crippen molar-refractivity contribution in [2.24, 2.45) is 0 Å². The van der Waals surface area contributed by atoms with Crippen molar-refractivity contribution in [2.75, 3.05) is 6.61 Å². The van der Waals surface area contributed by atoms with Gasteiger partial charge in [0.05, 0.1) is 23.8 Å². The third-order valence-corrected chi connectivity index (χ3v) is 4.87. The molecule has 158 valence electrons. The largest absolute Gasteiger partial charge is 0.462 e. The van der Waals surface area contributed by atoms with Gasteiger partial charge in [-0.05, 0) is 38.3 Å². The van der Waals surface area contributed by atoms with Gasteiger partial charge in [0.2, 0.25) is 0 Å². The first-order valence-electron chi connectivity index (χ1n) is 11.1. The Labute approximate surface area is 171 Å². The first-order valence-corrected chi connectivity index (χ1v) is 11.1. The summed E-state index contributed by atoms with van der Waals surface area (Å²) in [6.45, 7) is 6.65. The van der Waals surface area contributed by atoms with Crippen molar-refractivity contribution in [3.05, 3.63) is 35.4 Å². The zero-order valence-corrected chi connectivity index (χ0v) is 18.0. The summed E-state index contributed by atoms with van der Waals surface area (Å²) < 4.78 is 10.9. The highest BCUT2D eigenvalue weighted by Crippen LogP contribution is 2.16. The number of benzene rings is 1. The van der Waals surface area contributed by atoms with Crippen LogP contribution in [0.1, 0.15) is 112 Å². The lowest BCUT2D eigenvalue weighted by atomic mass is 10.1. The highest BCUT2D eigenvalue weighted by Gasteiger charge is 2.20. The van der Waals surface area contributed by atoms with Gasteiger partial charge in [0.15, 0.2) is 0 Å². The lowest BCUT2D eigenvalue weighted by Crippen LogP contribution is -2.19. The lowest BCUT2D eigenvalue weighted by Gasteiger charge is -2.15. The van der Waals surface area contributed by atoms with Gasteiger partial charge in [0.1, 0.15) is 0 Å². The van der Waals surface area contributed by atoms with Gasteiger partial charge in [-0.2, -0.15) is 0 Å². The van der Waals surface area contributed by atoms with Crippen LogP contribution in [0.2, 0.25) is 0 Å². The number of esters is 2. The Kier molecular flexibility index (Phi) is 13.1. The third-order valence-electron chi connectivity index (χ3n) is 4.87. The predicted octanol–water partition coefficient (Wildman–Crippen LogP) is 6.72. The van der Waals surface area contributed by atoms with Gasteiger partial charge in [-0.3, -0.25) is 0 Å². The minimum absolute atomic E-state index is 0.156. The van der Waals surface area contributed by atoms with E-state index in [0.717, 1.165) is 38.5 Å². The molecule has 0 aliphatic carbocycles. The molecule has 1 atom stereocenters. The van der Waals surface area contributed by atoms with Gasteiger partial charge in [0, 0.05) is 0 Å². The number of unbranched alkanes of at least 4 members (excludes halogenated alkanes) is 8. The van der Waals surface area contributed by atoms with E-state index in [0.29, 0.717) is 6.61 Å². The average molecular weight is 391 g/mol. The van der Waals surface area contributed by atoms with Crippen molar-refractivity contribution in [1.82, 2.24) is 0 Å². The maximum Gasteiger partial charge on any atom is 0.339 e. The maximum absolute atomic E-state index is 12.5. The number of rotatable bonds is 15. The molecule has 0 N–H and O–H groups in total. The molecule has 4 nitrogen and oxygen atoms in total. The zero-order valence-electron chi connectivity index (χ0n) is 18.0. The van der Waals surface area contributed by atoms with E-state index in [4.69, 9.17) is 9.47 Å². The zero-order chi connectivity index (χ0) is 20.6. The van der Waals surface area contributed by atoms with E-state index in [-0.39, 0.29) is 17.2 Å². The minimum Gasteiger partial charge on any atom is -0.462 e. The second-order valence-electron chi connectivity index (χ2n) is 7.51. The van der Waals surface area contributed by atoms with E-state index in [1.807, 2.05) is 6.92 Å². The van der Waals surface area contributed by atoms with Crippen molar-refractivity contribution in [2.45, 2.75) is 97.5 Å². The molecule has 0 aliphatic rings. The Bertz CT molecular complexity index is 567. The van der Waals surface area contributed by atoms with Crippen LogP contribution < -0.4 is 0 Å². The first-order chi connectivity index (χ1) is 13.6. The molecule has 0 spiro atoms. The monoisotopic (exact) mass is 390 g/mol. The number of carbonyl (C=O) groups excluding carboxylic acids is 2. The van der Waals surface area contributed by atoms with E-state index >= 15 is 0 Å². The fourth-order valence-electron chi connectivity index (χ4n) is 3.13. The molecule has 1 rings (SSSR count). The number of hydrogen-bond donors (Lipinski definition) is 0. The first kappa shape index (κ1) is 24.2. The van der Waals surface area contributed by atoms with E-state index in [1.165, 1.54) is 32.1 Å². The Morgan fingerprint density at radius 1 is 0.786 bits per heavy atom.